The van der Waals surface area contributed by atoms with E-state index in [9.17, 15) is 0 Å². The quantitative estimate of drug-likeness (QED) is 0.186. The third-order valence-electron chi connectivity index (χ3n) is 9.72. The fourth-order valence-electron chi connectivity index (χ4n) is 7.20. The van der Waals surface area contributed by atoms with Crippen LogP contribution in [0.5, 0.6) is 0 Å². The van der Waals surface area contributed by atoms with E-state index in [1.165, 1.54) is 16.3 Å². The van der Waals surface area contributed by atoms with Crippen LogP contribution in [0.2, 0.25) is 0 Å². The van der Waals surface area contributed by atoms with E-state index >= 15 is 0 Å². The number of aromatic nitrogens is 3. The Hall–Kier alpha value is -6.91. The molecule has 10 aromatic rings. The third-order valence-corrected chi connectivity index (χ3v) is 9.72. The van der Waals surface area contributed by atoms with E-state index in [2.05, 4.69) is 127 Å². The van der Waals surface area contributed by atoms with Crippen LogP contribution in [-0.4, -0.2) is 15.0 Å². The highest BCUT2D eigenvalue weighted by atomic mass is 16.3. The molecule has 51 heavy (non-hydrogen) atoms. The molecule has 238 valence electrons. The normalized spacial score (nSPS) is 11.5. The molecule has 0 spiro atoms. The lowest BCUT2D eigenvalue weighted by atomic mass is 9.93. The van der Waals surface area contributed by atoms with Gasteiger partial charge in [-0.25, -0.2) is 15.0 Å². The van der Waals surface area contributed by atoms with Gasteiger partial charge in [-0.2, -0.15) is 0 Å². The second-order valence-electron chi connectivity index (χ2n) is 12.8. The summed E-state index contributed by atoms with van der Waals surface area (Å²) in [6.07, 6.45) is 0. The minimum absolute atomic E-state index is 0.611. The van der Waals surface area contributed by atoms with Crippen molar-refractivity contribution in [1.82, 2.24) is 15.0 Å². The van der Waals surface area contributed by atoms with Gasteiger partial charge in [0.15, 0.2) is 17.5 Å². The highest BCUT2D eigenvalue weighted by Gasteiger charge is 2.21. The maximum Gasteiger partial charge on any atom is 0.164 e. The highest BCUT2D eigenvalue weighted by molar-refractivity contribution is 6.22. The molecule has 0 radical (unpaired) electrons. The molecule has 0 bridgehead atoms. The van der Waals surface area contributed by atoms with Gasteiger partial charge in [-0.1, -0.05) is 158 Å². The van der Waals surface area contributed by atoms with Crippen LogP contribution in [-0.2, 0) is 0 Å². The Bertz CT molecular complexity index is 2900. The Labute approximate surface area is 294 Å². The van der Waals surface area contributed by atoms with Crippen molar-refractivity contribution >= 4 is 43.5 Å². The van der Waals surface area contributed by atoms with Gasteiger partial charge in [-0.15, -0.1) is 0 Å². The molecule has 0 saturated heterocycles. The van der Waals surface area contributed by atoms with Crippen molar-refractivity contribution in [1.29, 1.82) is 0 Å². The van der Waals surface area contributed by atoms with Gasteiger partial charge in [0.05, 0.1) is 0 Å². The van der Waals surface area contributed by atoms with Gasteiger partial charge >= 0.3 is 0 Å². The maximum absolute atomic E-state index is 6.62. The second kappa shape index (κ2) is 11.9. The van der Waals surface area contributed by atoms with Crippen LogP contribution < -0.4 is 0 Å². The topological polar surface area (TPSA) is 51.8 Å². The summed E-state index contributed by atoms with van der Waals surface area (Å²) < 4.78 is 6.62. The number of rotatable bonds is 5. The average molecular weight is 652 g/mol. The van der Waals surface area contributed by atoms with Crippen molar-refractivity contribution in [3.8, 4) is 56.4 Å². The summed E-state index contributed by atoms with van der Waals surface area (Å²) >= 11 is 0. The molecule has 0 aliphatic rings. The molecule has 2 heterocycles. The first kappa shape index (κ1) is 29.0. The Morgan fingerprint density at radius 1 is 0.333 bits per heavy atom. The van der Waals surface area contributed by atoms with E-state index in [0.717, 1.165) is 66.1 Å². The van der Waals surface area contributed by atoms with E-state index < -0.39 is 0 Å². The molecule has 0 fully saturated rings. The lowest BCUT2D eigenvalue weighted by Gasteiger charge is -2.13. The molecule has 10 rings (SSSR count). The van der Waals surface area contributed by atoms with E-state index in [-0.39, 0.29) is 0 Å². The van der Waals surface area contributed by atoms with E-state index in [4.69, 9.17) is 19.4 Å². The number of fused-ring (bicyclic) bond motifs is 6. The smallest absolute Gasteiger partial charge is 0.164 e. The fraction of sp³-hybridized carbons (Fsp3) is 0. The summed E-state index contributed by atoms with van der Waals surface area (Å²) in [5.74, 6) is 1.85. The first-order chi connectivity index (χ1) is 25.3. The molecular formula is C47H29N3O. The summed E-state index contributed by atoms with van der Waals surface area (Å²) in [5.41, 5.74) is 9.01. The summed E-state index contributed by atoms with van der Waals surface area (Å²) in [6.45, 7) is 0. The zero-order valence-corrected chi connectivity index (χ0v) is 27.5. The van der Waals surface area contributed by atoms with E-state index in [1.54, 1.807) is 0 Å². The number of hydrogen-bond acceptors (Lipinski definition) is 4. The minimum atomic E-state index is 0.611. The van der Waals surface area contributed by atoms with Crippen molar-refractivity contribution in [2.24, 2.45) is 0 Å². The molecule has 0 atom stereocenters. The molecule has 8 aromatic carbocycles. The number of para-hydroxylation sites is 1. The molecule has 0 amide bonds. The zero-order chi connectivity index (χ0) is 33.7. The molecule has 4 heteroatoms. The van der Waals surface area contributed by atoms with Crippen LogP contribution in [0.25, 0.3) is 99.9 Å². The van der Waals surface area contributed by atoms with E-state index in [1.807, 2.05) is 48.5 Å². The van der Waals surface area contributed by atoms with Crippen molar-refractivity contribution in [2.75, 3.05) is 0 Å². The fourth-order valence-corrected chi connectivity index (χ4v) is 7.20. The zero-order valence-electron chi connectivity index (χ0n) is 27.5. The molecule has 0 saturated carbocycles. The highest BCUT2D eigenvalue weighted by Crippen LogP contribution is 2.43. The molecular weight excluding hydrogens is 623 g/mol. The van der Waals surface area contributed by atoms with Crippen LogP contribution in [0.4, 0.5) is 0 Å². The Morgan fingerprint density at radius 3 is 1.71 bits per heavy atom. The molecule has 0 unspecified atom stereocenters. The minimum Gasteiger partial charge on any atom is -0.455 e. The summed E-state index contributed by atoms with van der Waals surface area (Å²) in [4.78, 5) is 15.4. The van der Waals surface area contributed by atoms with Crippen molar-refractivity contribution in [2.45, 2.75) is 0 Å². The van der Waals surface area contributed by atoms with Gasteiger partial charge < -0.3 is 4.42 Å². The number of benzene rings is 8. The third kappa shape index (κ3) is 5.04. The standard InChI is InChI=1S/C47H29N3O/c1-3-13-32(14-4-1)37-19-11-20-39-41(29-40-38-18-9-10-21-42(38)51-44(40)43(37)39)47-49-45(33-15-5-2-6-16-33)48-46(50-47)34-25-22-31(23-26-34)36-27-24-30-12-7-8-17-35(30)28-36/h1-29H. The average Bonchev–Trinajstić information content (AvgIpc) is 3.59. The van der Waals surface area contributed by atoms with Crippen LogP contribution in [0, 0.1) is 0 Å². The SMILES string of the molecule is c1ccc(-c2nc(-c3ccc(-c4ccc5ccccc5c4)cc3)nc(-c3cc4c5ccccc5oc4c4c(-c5ccccc5)cccc34)n2)cc1. The summed E-state index contributed by atoms with van der Waals surface area (Å²) in [7, 11) is 0. The molecule has 0 aliphatic heterocycles. The maximum atomic E-state index is 6.62. The first-order valence-electron chi connectivity index (χ1n) is 17.1. The van der Waals surface area contributed by atoms with Crippen molar-refractivity contribution in [3.63, 3.8) is 0 Å². The van der Waals surface area contributed by atoms with Gasteiger partial charge in [-0.05, 0) is 56.6 Å². The van der Waals surface area contributed by atoms with Crippen LogP contribution in [0.1, 0.15) is 0 Å². The Morgan fingerprint density at radius 2 is 0.922 bits per heavy atom. The summed E-state index contributed by atoms with van der Waals surface area (Å²) in [6, 6.07) is 61.0. The molecule has 4 nitrogen and oxygen atoms in total. The molecule has 0 N–H and O–H groups in total. The van der Waals surface area contributed by atoms with Gasteiger partial charge in [0.2, 0.25) is 0 Å². The largest absolute Gasteiger partial charge is 0.455 e. The van der Waals surface area contributed by atoms with Gasteiger partial charge in [0, 0.05) is 32.8 Å². The van der Waals surface area contributed by atoms with E-state index in [0.29, 0.717) is 17.5 Å². The number of furan rings is 1. The second-order valence-corrected chi connectivity index (χ2v) is 12.8. The van der Waals surface area contributed by atoms with Gasteiger partial charge in [-0.3, -0.25) is 0 Å². The van der Waals surface area contributed by atoms with Crippen molar-refractivity contribution < 1.29 is 4.42 Å². The van der Waals surface area contributed by atoms with Crippen LogP contribution >= 0.6 is 0 Å². The lowest BCUT2D eigenvalue weighted by Crippen LogP contribution is -2.01. The van der Waals surface area contributed by atoms with Crippen molar-refractivity contribution in [3.05, 3.63) is 176 Å². The summed E-state index contributed by atoms with van der Waals surface area (Å²) in [5, 5.41) is 6.59. The van der Waals surface area contributed by atoms with Gasteiger partial charge in [0.25, 0.3) is 0 Å². The molecule has 2 aromatic heterocycles. The lowest BCUT2D eigenvalue weighted by molar-refractivity contribution is 0.673. The number of nitrogens with zero attached hydrogens (tertiary/aromatic N) is 3. The Balaban J connectivity index is 1.20. The van der Waals surface area contributed by atoms with Crippen LogP contribution in [0.15, 0.2) is 180 Å². The first-order valence-corrected chi connectivity index (χ1v) is 17.1. The predicted octanol–water partition coefficient (Wildman–Crippen LogP) is 12.4. The predicted molar refractivity (Wildman–Crippen MR) is 209 cm³/mol. The molecule has 0 aliphatic carbocycles. The van der Waals surface area contributed by atoms with Gasteiger partial charge in [0.1, 0.15) is 11.2 Å². The number of hydrogen-bond donors (Lipinski definition) is 0. The van der Waals surface area contributed by atoms with Crippen LogP contribution in [0.3, 0.4) is 0 Å². The Kier molecular flexibility index (Phi) is 6.78. The monoisotopic (exact) mass is 651 g/mol.